The van der Waals surface area contributed by atoms with Gasteiger partial charge in [0.15, 0.2) is 0 Å². The highest BCUT2D eigenvalue weighted by molar-refractivity contribution is 6.02. The van der Waals surface area contributed by atoms with Crippen LogP contribution < -0.4 is 20.7 Å². The number of anilines is 3. The van der Waals surface area contributed by atoms with Crippen molar-refractivity contribution < 1.29 is 46.5 Å². The summed E-state index contributed by atoms with van der Waals surface area (Å²) < 4.78 is 64.8. The lowest BCUT2D eigenvalue weighted by atomic mass is 10.0. The quantitative estimate of drug-likeness (QED) is 0.187. The predicted molar refractivity (Wildman–Crippen MR) is 189 cm³/mol. The van der Waals surface area contributed by atoms with Gasteiger partial charge < -0.3 is 40.3 Å². The Balaban J connectivity index is 1.55. The largest absolute Gasteiger partial charge is 0.490 e. The summed E-state index contributed by atoms with van der Waals surface area (Å²) in [5, 5.41) is 18.1. The van der Waals surface area contributed by atoms with Gasteiger partial charge in [-0.3, -0.25) is 4.79 Å². The number of carbonyl (C=O) groups is 3. The van der Waals surface area contributed by atoms with Crippen LogP contribution in [0.15, 0.2) is 66.7 Å². The Hall–Kier alpha value is -4.89. The molecule has 52 heavy (non-hydrogen) atoms. The van der Waals surface area contributed by atoms with Crippen LogP contribution in [0.1, 0.15) is 56.0 Å². The molecule has 11 nitrogen and oxygen atoms in total. The van der Waals surface area contributed by atoms with Gasteiger partial charge in [-0.1, -0.05) is 6.92 Å². The molecule has 0 saturated heterocycles. The molecule has 3 aromatic carbocycles. The van der Waals surface area contributed by atoms with Crippen molar-refractivity contribution in [3.8, 4) is 5.75 Å². The highest BCUT2D eigenvalue weighted by Gasteiger charge is 2.32. The first-order valence-corrected chi connectivity index (χ1v) is 17.0. The Labute approximate surface area is 300 Å². The molecule has 0 radical (unpaired) electrons. The molecule has 0 aliphatic carbocycles. The molecular weight excluding hydrogens is 686 g/mol. The number of halogens is 4. The van der Waals surface area contributed by atoms with Gasteiger partial charge >= 0.3 is 18.2 Å². The fourth-order valence-corrected chi connectivity index (χ4v) is 5.60. The average molecular weight is 732 g/mol. The van der Waals surface area contributed by atoms with Crippen LogP contribution >= 0.6 is 0 Å². The number of amides is 5. The van der Waals surface area contributed by atoms with Gasteiger partial charge in [0, 0.05) is 49.7 Å². The Morgan fingerprint density at radius 1 is 0.962 bits per heavy atom. The second-order valence-electron chi connectivity index (χ2n) is 13.0. The lowest BCUT2D eigenvalue weighted by molar-refractivity contribution is -0.137. The Morgan fingerprint density at radius 2 is 1.58 bits per heavy atom. The van der Waals surface area contributed by atoms with Crippen molar-refractivity contribution in [3.63, 3.8) is 0 Å². The van der Waals surface area contributed by atoms with E-state index in [2.05, 4.69) is 16.0 Å². The van der Waals surface area contributed by atoms with Gasteiger partial charge in [-0.05, 0) is 99.8 Å². The third-order valence-corrected chi connectivity index (χ3v) is 8.68. The number of alkyl halides is 3. The van der Waals surface area contributed by atoms with E-state index < -0.39 is 47.7 Å². The van der Waals surface area contributed by atoms with Crippen LogP contribution in [0.5, 0.6) is 5.75 Å². The maximum atomic E-state index is 14.3. The molecule has 1 heterocycles. The molecule has 4 N–H and O–H groups in total. The minimum Gasteiger partial charge on any atom is -0.490 e. The van der Waals surface area contributed by atoms with E-state index in [1.165, 1.54) is 59.3 Å². The minimum atomic E-state index is -4.50. The number of likely N-dealkylation sites (N-methyl/N-ethyl adjacent to an activating group) is 1. The maximum Gasteiger partial charge on any atom is 0.416 e. The third-order valence-electron chi connectivity index (χ3n) is 8.68. The summed E-state index contributed by atoms with van der Waals surface area (Å²) >= 11 is 0. The number of fused-ring (bicyclic) bond motifs is 1. The molecule has 3 aromatic rings. The zero-order valence-corrected chi connectivity index (χ0v) is 29.5. The predicted octanol–water partition coefficient (Wildman–Crippen LogP) is 7.45. The van der Waals surface area contributed by atoms with Crippen LogP contribution in [0.4, 0.5) is 44.2 Å². The molecule has 0 aromatic heterocycles. The number of rotatable bonds is 7. The Bertz CT molecular complexity index is 1660. The molecule has 5 amide bonds. The van der Waals surface area contributed by atoms with E-state index in [4.69, 9.17) is 9.47 Å². The van der Waals surface area contributed by atoms with Gasteiger partial charge in [0.25, 0.3) is 5.91 Å². The molecule has 0 fully saturated rings. The fourth-order valence-electron chi connectivity index (χ4n) is 5.60. The highest BCUT2D eigenvalue weighted by atomic mass is 19.4. The topological polar surface area (TPSA) is 132 Å². The standard InChI is InChI=1S/C37H45F4N5O6/c1-23-20-46(24(2)22-47)34(48)31-19-30(43-35(49)42-28-14-10-27(38)11-15-28)16-17-32(31)52-25(3)7-5-6-18-51-33(23)21-45(4)36(50)44-29-12-8-26(9-13-29)37(39,40)41/h8-17,19,23-25,33,47H,5-7,18,20-22H2,1-4H3,(H,44,50)(H2,42,43,49)/t23-,24+,25-,33+/m1/s1. The van der Waals surface area contributed by atoms with Crippen LogP contribution in [0.2, 0.25) is 0 Å². The van der Waals surface area contributed by atoms with E-state index in [0.29, 0.717) is 30.9 Å². The van der Waals surface area contributed by atoms with Crippen LogP contribution in [-0.4, -0.2) is 84.5 Å². The summed E-state index contributed by atoms with van der Waals surface area (Å²) in [4.78, 5) is 43.0. The highest BCUT2D eigenvalue weighted by Crippen LogP contribution is 2.31. The number of ether oxygens (including phenoxy) is 2. The number of benzene rings is 3. The summed E-state index contributed by atoms with van der Waals surface area (Å²) in [5.41, 5.74) is 0.162. The lowest BCUT2D eigenvalue weighted by Gasteiger charge is -2.35. The molecule has 0 spiro atoms. The van der Waals surface area contributed by atoms with Gasteiger partial charge in [-0.15, -0.1) is 0 Å². The first-order chi connectivity index (χ1) is 24.6. The van der Waals surface area contributed by atoms with Gasteiger partial charge in [0.05, 0.1) is 36.0 Å². The molecule has 0 saturated carbocycles. The van der Waals surface area contributed by atoms with Crippen LogP contribution in [0, 0.1) is 11.7 Å². The monoisotopic (exact) mass is 731 g/mol. The number of nitrogens with one attached hydrogen (secondary N) is 3. The van der Waals surface area contributed by atoms with E-state index >= 15 is 0 Å². The summed E-state index contributed by atoms with van der Waals surface area (Å²) in [5.74, 6) is -0.988. The summed E-state index contributed by atoms with van der Waals surface area (Å²) in [7, 11) is 1.54. The number of urea groups is 2. The number of hydrogen-bond acceptors (Lipinski definition) is 6. The van der Waals surface area contributed by atoms with Crippen LogP contribution in [-0.2, 0) is 10.9 Å². The van der Waals surface area contributed by atoms with E-state index in [1.54, 1.807) is 19.1 Å². The van der Waals surface area contributed by atoms with Crippen LogP contribution in [0.3, 0.4) is 0 Å². The van der Waals surface area contributed by atoms with Crippen molar-refractivity contribution >= 4 is 35.0 Å². The van der Waals surface area contributed by atoms with Gasteiger partial charge in [-0.25, -0.2) is 14.0 Å². The zero-order chi connectivity index (χ0) is 38.0. The van der Waals surface area contributed by atoms with E-state index in [9.17, 15) is 37.1 Å². The van der Waals surface area contributed by atoms with Gasteiger partial charge in [0.1, 0.15) is 11.6 Å². The molecule has 1 aliphatic heterocycles. The molecule has 0 unspecified atom stereocenters. The smallest absolute Gasteiger partial charge is 0.416 e. The average Bonchev–Trinajstić information content (AvgIpc) is 3.10. The molecule has 0 bridgehead atoms. The summed E-state index contributed by atoms with van der Waals surface area (Å²) in [6.07, 6.45) is -3.28. The Morgan fingerprint density at radius 3 is 2.23 bits per heavy atom. The molecule has 15 heteroatoms. The second-order valence-corrected chi connectivity index (χ2v) is 13.0. The fraction of sp³-hybridized carbons (Fsp3) is 0.432. The zero-order valence-electron chi connectivity index (χ0n) is 29.5. The van der Waals surface area contributed by atoms with Gasteiger partial charge in [0.2, 0.25) is 0 Å². The van der Waals surface area contributed by atoms with Crippen molar-refractivity contribution in [2.45, 2.75) is 64.5 Å². The molecule has 282 valence electrons. The first-order valence-electron chi connectivity index (χ1n) is 17.0. The number of aliphatic hydroxyl groups is 1. The van der Waals surface area contributed by atoms with Crippen LogP contribution in [0.25, 0.3) is 0 Å². The summed E-state index contributed by atoms with van der Waals surface area (Å²) in [6, 6.07) is 12.2. The minimum absolute atomic E-state index is 0.0938. The maximum absolute atomic E-state index is 14.3. The summed E-state index contributed by atoms with van der Waals surface area (Å²) in [6.45, 7) is 5.64. The van der Waals surface area contributed by atoms with Crippen molar-refractivity contribution in [3.05, 3.63) is 83.7 Å². The molecule has 4 atom stereocenters. The second kappa shape index (κ2) is 18.0. The van der Waals surface area contributed by atoms with Crippen molar-refractivity contribution in [2.24, 2.45) is 5.92 Å². The van der Waals surface area contributed by atoms with Gasteiger partial charge in [-0.2, -0.15) is 13.2 Å². The number of nitrogens with zero attached hydrogens (tertiary/aromatic N) is 2. The van der Waals surface area contributed by atoms with Crippen molar-refractivity contribution in [1.29, 1.82) is 0 Å². The normalized spacial score (nSPS) is 19.4. The van der Waals surface area contributed by atoms with E-state index in [0.717, 1.165) is 18.6 Å². The molecule has 1 aliphatic rings. The van der Waals surface area contributed by atoms with E-state index in [1.807, 2.05) is 13.8 Å². The number of aliphatic hydroxyl groups excluding tert-OH is 1. The van der Waals surface area contributed by atoms with E-state index in [-0.39, 0.29) is 48.7 Å². The number of hydrogen-bond donors (Lipinski definition) is 4. The van der Waals surface area contributed by atoms with Crippen molar-refractivity contribution in [2.75, 3.05) is 49.3 Å². The lowest BCUT2D eigenvalue weighted by Crippen LogP contribution is -2.48. The third kappa shape index (κ3) is 11.3. The number of carbonyl (C=O) groups excluding carboxylic acids is 3. The molecular formula is C37H45F4N5O6. The first kappa shape index (κ1) is 39.9. The molecule has 4 rings (SSSR count). The Kier molecular flexibility index (Phi) is 13.8. The van der Waals surface area contributed by atoms with Crippen molar-refractivity contribution in [1.82, 2.24) is 9.80 Å². The SMILES string of the molecule is C[C@@H]1CCCCO[C@@H](CN(C)C(=O)Nc2ccc(C(F)(F)F)cc2)[C@H](C)CN([C@@H](C)CO)C(=O)c2cc(NC(=O)Nc3ccc(F)cc3)ccc2O1.